The molecule has 9 nitrogen and oxygen atoms in total. The van der Waals surface area contributed by atoms with Crippen LogP contribution in [0.4, 0.5) is 4.79 Å². The fourth-order valence-electron chi connectivity index (χ4n) is 3.96. The molecule has 3 aliphatic rings. The molecule has 0 spiro atoms. The number of piperazine rings is 1. The van der Waals surface area contributed by atoms with Crippen molar-refractivity contribution in [1.29, 1.82) is 0 Å². The van der Waals surface area contributed by atoms with Gasteiger partial charge in [-0.25, -0.2) is 4.79 Å². The van der Waals surface area contributed by atoms with E-state index in [-0.39, 0.29) is 18.7 Å². The number of rotatable bonds is 4. The van der Waals surface area contributed by atoms with Gasteiger partial charge in [-0.15, -0.1) is 5.06 Å². The number of hydrogen-bond acceptors (Lipinski definition) is 6. The highest BCUT2D eigenvalue weighted by molar-refractivity contribution is 6.34. The zero-order chi connectivity index (χ0) is 22.1. The van der Waals surface area contributed by atoms with Crippen molar-refractivity contribution in [3.05, 3.63) is 33.8 Å². The second-order valence-electron chi connectivity index (χ2n) is 8.05. The van der Waals surface area contributed by atoms with E-state index in [0.717, 1.165) is 30.6 Å². The molecule has 0 aromatic heterocycles. The Bertz CT molecular complexity index is 909. The molecule has 31 heavy (non-hydrogen) atoms. The van der Waals surface area contributed by atoms with Gasteiger partial charge in [0, 0.05) is 58.7 Å². The predicted molar refractivity (Wildman–Crippen MR) is 111 cm³/mol. The van der Waals surface area contributed by atoms with Crippen LogP contribution < -0.4 is 0 Å². The molecule has 1 aromatic rings. The molecule has 0 atom stereocenters. The Morgan fingerprint density at radius 3 is 2.19 bits per heavy atom. The van der Waals surface area contributed by atoms with Crippen molar-refractivity contribution in [1.82, 2.24) is 19.8 Å². The van der Waals surface area contributed by atoms with Crippen LogP contribution in [-0.2, 0) is 21.0 Å². The van der Waals surface area contributed by atoms with Crippen LogP contribution >= 0.6 is 11.6 Å². The van der Waals surface area contributed by atoms with Gasteiger partial charge in [0.1, 0.15) is 0 Å². The molecular weight excluding hydrogens is 424 g/mol. The van der Waals surface area contributed by atoms with E-state index in [9.17, 15) is 19.2 Å². The van der Waals surface area contributed by atoms with Gasteiger partial charge in [-0.05, 0) is 30.5 Å². The van der Waals surface area contributed by atoms with Crippen LogP contribution in [0.15, 0.2) is 12.1 Å². The molecule has 0 bridgehead atoms. The van der Waals surface area contributed by atoms with E-state index in [1.165, 1.54) is 4.90 Å². The standard InChI is InChI=1S/C21H25ClN4O5/c1-14-15(3-4-16(22)19(14)20(29)24-7-2-8-24)13-23-9-11-25(12-10-23)21(30)31-26-17(27)5-6-18(26)28/h3-4H,2,5-13H2,1H3. The molecule has 3 heterocycles. The number of amides is 4. The number of halogens is 1. The number of benzene rings is 1. The summed E-state index contributed by atoms with van der Waals surface area (Å²) in [5, 5.41) is 1.04. The minimum Gasteiger partial charge on any atom is -0.338 e. The quantitative estimate of drug-likeness (QED) is 0.652. The number of hydrogen-bond donors (Lipinski definition) is 0. The molecule has 0 radical (unpaired) electrons. The second-order valence-corrected chi connectivity index (χ2v) is 8.46. The van der Waals surface area contributed by atoms with E-state index in [4.69, 9.17) is 16.4 Å². The monoisotopic (exact) mass is 448 g/mol. The van der Waals surface area contributed by atoms with Crippen LogP contribution in [0.5, 0.6) is 0 Å². The number of hydroxylamine groups is 2. The number of carbonyl (C=O) groups excluding carboxylic acids is 4. The van der Waals surface area contributed by atoms with Gasteiger partial charge >= 0.3 is 6.09 Å². The Balaban J connectivity index is 1.35. The highest BCUT2D eigenvalue weighted by Crippen LogP contribution is 2.27. The summed E-state index contributed by atoms with van der Waals surface area (Å²) < 4.78 is 0. The normalized spacial score (nSPS) is 19.6. The number of carbonyl (C=O) groups is 4. The SMILES string of the molecule is Cc1c(CN2CCN(C(=O)ON3C(=O)CCC3=O)CC2)ccc(Cl)c1C(=O)N1CCC1. The third-order valence-electron chi connectivity index (χ3n) is 6.08. The summed E-state index contributed by atoms with van der Waals surface area (Å²) in [7, 11) is 0. The fourth-order valence-corrected chi connectivity index (χ4v) is 4.24. The van der Waals surface area contributed by atoms with Gasteiger partial charge in [0.05, 0.1) is 10.6 Å². The lowest BCUT2D eigenvalue weighted by Gasteiger charge is -2.35. The molecule has 0 unspecified atom stereocenters. The van der Waals surface area contributed by atoms with E-state index >= 15 is 0 Å². The Morgan fingerprint density at radius 1 is 0.968 bits per heavy atom. The molecular formula is C21H25ClN4O5. The van der Waals surface area contributed by atoms with Gasteiger partial charge in [-0.3, -0.25) is 19.3 Å². The first-order valence-electron chi connectivity index (χ1n) is 10.5. The summed E-state index contributed by atoms with van der Waals surface area (Å²) in [5.74, 6) is -0.994. The average molecular weight is 449 g/mol. The van der Waals surface area contributed by atoms with Crippen LogP contribution in [0.1, 0.15) is 40.7 Å². The first-order valence-corrected chi connectivity index (χ1v) is 10.8. The van der Waals surface area contributed by atoms with Crippen LogP contribution in [0.2, 0.25) is 5.02 Å². The zero-order valence-electron chi connectivity index (χ0n) is 17.4. The van der Waals surface area contributed by atoms with E-state index in [1.54, 1.807) is 11.0 Å². The Kier molecular flexibility index (Phi) is 6.15. The van der Waals surface area contributed by atoms with Crippen molar-refractivity contribution < 1.29 is 24.0 Å². The predicted octanol–water partition coefficient (Wildman–Crippen LogP) is 1.81. The molecule has 10 heteroatoms. The Hall–Kier alpha value is -2.65. The van der Waals surface area contributed by atoms with Gasteiger partial charge < -0.3 is 14.6 Å². The highest BCUT2D eigenvalue weighted by Gasteiger charge is 2.35. The van der Waals surface area contributed by atoms with Crippen LogP contribution in [0, 0.1) is 6.92 Å². The van der Waals surface area contributed by atoms with Gasteiger partial charge in [-0.2, -0.15) is 0 Å². The zero-order valence-corrected chi connectivity index (χ0v) is 18.2. The summed E-state index contributed by atoms with van der Waals surface area (Å²) in [6.45, 7) is 6.14. The van der Waals surface area contributed by atoms with Crippen molar-refractivity contribution in [2.24, 2.45) is 0 Å². The molecule has 1 aromatic carbocycles. The average Bonchev–Trinajstić information content (AvgIpc) is 3.01. The van der Waals surface area contributed by atoms with Crippen molar-refractivity contribution in [2.45, 2.75) is 32.7 Å². The first kappa shape index (κ1) is 21.6. The van der Waals surface area contributed by atoms with Gasteiger partial charge in [0.15, 0.2) is 0 Å². The minimum atomic E-state index is -0.687. The Labute approximate surface area is 185 Å². The van der Waals surface area contributed by atoms with Crippen molar-refractivity contribution >= 4 is 35.4 Å². The smallest absolute Gasteiger partial charge is 0.338 e. The lowest BCUT2D eigenvalue weighted by molar-refractivity contribution is -0.174. The topological polar surface area (TPSA) is 90.5 Å². The molecule has 3 aliphatic heterocycles. The van der Waals surface area contributed by atoms with E-state index < -0.39 is 17.9 Å². The van der Waals surface area contributed by atoms with Crippen LogP contribution in [0.3, 0.4) is 0 Å². The maximum absolute atomic E-state index is 12.7. The van der Waals surface area contributed by atoms with Gasteiger partial charge in [-0.1, -0.05) is 17.7 Å². The van der Waals surface area contributed by atoms with Gasteiger partial charge in [0.25, 0.3) is 17.7 Å². The molecule has 0 N–H and O–H groups in total. The third kappa shape index (κ3) is 4.38. The molecule has 4 rings (SSSR count). The fraction of sp³-hybridized carbons (Fsp3) is 0.524. The summed E-state index contributed by atoms with van der Waals surface area (Å²) in [6.07, 6.45) is 0.480. The summed E-state index contributed by atoms with van der Waals surface area (Å²) in [5.41, 5.74) is 2.48. The summed E-state index contributed by atoms with van der Waals surface area (Å²) in [6, 6.07) is 3.71. The lowest BCUT2D eigenvalue weighted by Crippen LogP contribution is -2.50. The van der Waals surface area contributed by atoms with Crippen molar-refractivity contribution in [3.63, 3.8) is 0 Å². The second kappa shape index (κ2) is 8.84. The van der Waals surface area contributed by atoms with E-state index in [0.29, 0.717) is 48.4 Å². The Morgan fingerprint density at radius 2 is 1.61 bits per heavy atom. The van der Waals surface area contributed by atoms with Gasteiger partial charge in [0.2, 0.25) is 0 Å². The van der Waals surface area contributed by atoms with Crippen molar-refractivity contribution in [2.75, 3.05) is 39.3 Å². The molecule has 166 valence electrons. The maximum atomic E-state index is 12.7. The lowest BCUT2D eigenvalue weighted by atomic mass is 9.99. The van der Waals surface area contributed by atoms with Crippen LogP contribution in [0.25, 0.3) is 0 Å². The molecule has 0 saturated carbocycles. The minimum absolute atomic E-state index is 0.0193. The third-order valence-corrected chi connectivity index (χ3v) is 6.40. The maximum Gasteiger partial charge on any atom is 0.434 e. The number of imide groups is 1. The molecule has 0 aliphatic carbocycles. The molecule has 3 saturated heterocycles. The van der Waals surface area contributed by atoms with Crippen LogP contribution in [-0.4, -0.2) is 82.8 Å². The van der Waals surface area contributed by atoms with E-state index in [1.807, 2.05) is 13.0 Å². The molecule has 3 fully saturated rings. The van der Waals surface area contributed by atoms with E-state index in [2.05, 4.69) is 4.90 Å². The first-order chi connectivity index (χ1) is 14.8. The summed E-state index contributed by atoms with van der Waals surface area (Å²) >= 11 is 6.34. The summed E-state index contributed by atoms with van der Waals surface area (Å²) in [4.78, 5) is 58.7. The van der Waals surface area contributed by atoms with Crippen molar-refractivity contribution in [3.8, 4) is 0 Å². The largest absolute Gasteiger partial charge is 0.434 e. The molecule has 4 amide bonds. The number of nitrogens with zero attached hydrogens (tertiary/aromatic N) is 4. The highest BCUT2D eigenvalue weighted by atomic mass is 35.5. The number of likely N-dealkylation sites (tertiary alicyclic amines) is 1.